The van der Waals surface area contributed by atoms with Gasteiger partial charge in [-0.2, -0.15) is 0 Å². The van der Waals surface area contributed by atoms with E-state index in [1.54, 1.807) is 0 Å². The second-order valence-corrected chi connectivity index (χ2v) is 7.62. The molecule has 0 radical (unpaired) electrons. The third kappa shape index (κ3) is 4.47. The first-order chi connectivity index (χ1) is 10.7. The van der Waals surface area contributed by atoms with Gasteiger partial charge >= 0.3 is 6.09 Å². The van der Waals surface area contributed by atoms with Crippen molar-refractivity contribution in [1.29, 1.82) is 0 Å². The Kier molecular flexibility index (Phi) is 5.35. The molecule has 1 aromatic carbocycles. The lowest BCUT2D eigenvalue weighted by Crippen LogP contribution is -2.55. The van der Waals surface area contributed by atoms with Gasteiger partial charge in [0, 0.05) is 24.5 Å². The van der Waals surface area contributed by atoms with E-state index in [9.17, 15) is 4.79 Å². The molecule has 4 heteroatoms. The van der Waals surface area contributed by atoms with Gasteiger partial charge in [0.15, 0.2) is 0 Å². The summed E-state index contributed by atoms with van der Waals surface area (Å²) >= 11 is 0. The number of carbonyl (C=O) groups excluding carboxylic acids is 1. The predicted molar refractivity (Wildman–Crippen MR) is 93.5 cm³/mol. The van der Waals surface area contributed by atoms with E-state index < -0.39 is 5.60 Å². The van der Waals surface area contributed by atoms with Crippen LogP contribution in [0.3, 0.4) is 0 Å². The summed E-state index contributed by atoms with van der Waals surface area (Å²) in [6.07, 6.45) is 1.54. The summed E-state index contributed by atoms with van der Waals surface area (Å²) in [5.74, 6) is 0.260. The van der Waals surface area contributed by atoms with Gasteiger partial charge in [0.05, 0.1) is 0 Å². The Bertz CT molecular complexity index is 551. The number of benzene rings is 1. The fraction of sp³-hybridized carbons (Fsp3) is 0.632. The quantitative estimate of drug-likeness (QED) is 0.901. The van der Waals surface area contributed by atoms with Crippen molar-refractivity contribution in [3.05, 3.63) is 35.4 Å². The molecule has 0 aromatic heterocycles. The Morgan fingerprint density at radius 1 is 1.39 bits per heavy atom. The normalized spacial score (nSPS) is 25.3. The number of nitrogens with two attached hydrogens (primary N) is 1. The monoisotopic (exact) mass is 318 g/mol. The van der Waals surface area contributed by atoms with Crippen LogP contribution in [-0.2, 0) is 4.74 Å². The van der Waals surface area contributed by atoms with E-state index in [0.717, 1.165) is 12.8 Å². The number of piperidine rings is 1. The molecule has 23 heavy (non-hydrogen) atoms. The van der Waals surface area contributed by atoms with E-state index in [0.29, 0.717) is 6.54 Å². The van der Waals surface area contributed by atoms with Gasteiger partial charge < -0.3 is 15.4 Å². The molecule has 1 aliphatic heterocycles. The van der Waals surface area contributed by atoms with Crippen molar-refractivity contribution in [3.8, 4) is 0 Å². The van der Waals surface area contributed by atoms with Crippen LogP contribution < -0.4 is 5.73 Å². The number of amides is 1. The summed E-state index contributed by atoms with van der Waals surface area (Å²) in [5, 5.41) is 0. The fourth-order valence-corrected chi connectivity index (χ4v) is 3.46. The van der Waals surface area contributed by atoms with Crippen molar-refractivity contribution in [2.45, 2.75) is 71.1 Å². The SMILES string of the molecule is CCC1C(c2cccc(C)c2)CC(N)CN1C(=O)OC(C)(C)C. The highest BCUT2D eigenvalue weighted by Crippen LogP contribution is 2.35. The van der Waals surface area contributed by atoms with Gasteiger partial charge in [-0.25, -0.2) is 4.79 Å². The van der Waals surface area contributed by atoms with Crippen LogP contribution in [0, 0.1) is 6.92 Å². The first-order valence-electron chi connectivity index (χ1n) is 8.53. The molecule has 3 unspecified atom stereocenters. The van der Waals surface area contributed by atoms with Gasteiger partial charge in [-0.3, -0.25) is 0 Å². The molecule has 4 nitrogen and oxygen atoms in total. The topological polar surface area (TPSA) is 55.6 Å². The van der Waals surface area contributed by atoms with Crippen molar-refractivity contribution in [3.63, 3.8) is 0 Å². The van der Waals surface area contributed by atoms with Gasteiger partial charge in [-0.1, -0.05) is 36.8 Å². The summed E-state index contributed by atoms with van der Waals surface area (Å²) in [6.45, 7) is 10.5. The summed E-state index contributed by atoms with van der Waals surface area (Å²) in [5.41, 5.74) is 8.27. The third-order valence-corrected chi connectivity index (χ3v) is 4.37. The highest BCUT2D eigenvalue weighted by Gasteiger charge is 2.39. The number of nitrogens with zero attached hydrogens (tertiary/aromatic N) is 1. The van der Waals surface area contributed by atoms with Crippen LogP contribution in [0.5, 0.6) is 0 Å². The Morgan fingerprint density at radius 3 is 2.65 bits per heavy atom. The zero-order chi connectivity index (χ0) is 17.2. The van der Waals surface area contributed by atoms with E-state index in [4.69, 9.17) is 10.5 Å². The van der Waals surface area contributed by atoms with Gasteiger partial charge in [-0.05, 0) is 46.1 Å². The molecule has 2 rings (SSSR count). The summed E-state index contributed by atoms with van der Waals surface area (Å²) in [7, 11) is 0. The van der Waals surface area contributed by atoms with Crippen molar-refractivity contribution in [2.75, 3.05) is 6.54 Å². The Morgan fingerprint density at radius 2 is 2.09 bits per heavy atom. The highest BCUT2D eigenvalue weighted by molar-refractivity contribution is 5.69. The van der Waals surface area contributed by atoms with Crippen LogP contribution in [0.2, 0.25) is 0 Å². The summed E-state index contributed by atoms with van der Waals surface area (Å²) in [6, 6.07) is 8.64. The van der Waals surface area contributed by atoms with Crippen molar-refractivity contribution in [2.24, 2.45) is 5.73 Å². The van der Waals surface area contributed by atoms with Crippen LogP contribution >= 0.6 is 0 Å². The minimum absolute atomic E-state index is 0.0177. The number of ether oxygens (including phenoxy) is 1. The largest absolute Gasteiger partial charge is 0.444 e. The number of aryl methyl sites for hydroxylation is 1. The van der Waals surface area contributed by atoms with Crippen LogP contribution in [0.4, 0.5) is 4.79 Å². The second kappa shape index (κ2) is 6.91. The molecule has 0 saturated carbocycles. The van der Waals surface area contributed by atoms with Crippen LogP contribution in [0.1, 0.15) is 57.6 Å². The van der Waals surface area contributed by atoms with Crippen molar-refractivity contribution < 1.29 is 9.53 Å². The van der Waals surface area contributed by atoms with E-state index in [1.807, 2.05) is 25.7 Å². The van der Waals surface area contributed by atoms with Crippen molar-refractivity contribution >= 4 is 6.09 Å². The minimum Gasteiger partial charge on any atom is -0.444 e. The van der Waals surface area contributed by atoms with Gasteiger partial charge in [0.2, 0.25) is 0 Å². The lowest BCUT2D eigenvalue weighted by atomic mass is 9.80. The average Bonchev–Trinajstić information content (AvgIpc) is 2.44. The maximum atomic E-state index is 12.6. The van der Waals surface area contributed by atoms with E-state index >= 15 is 0 Å². The van der Waals surface area contributed by atoms with E-state index in [1.165, 1.54) is 11.1 Å². The second-order valence-electron chi connectivity index (χ2n) is 7.62. The zero-order valence-electron chi connectivity index (χ0n) is 15.0. The van der Waals surface area contributed by atoms with Gasteiger partial charge in [0.25, 0.3) is 0 Å². The highest BCUT2D eigenvalue weighted by atomic mass is 16.6. The minimum atomic E-state index is -0.490. The number of carbonyl (C=O) groups is 1. The van der Waals surface area contributed by atoms with Gasteiger partial charge in [-0.15, -0.1) is 0 Å². The molecule has 3 atom stereocenters. The van der Waals surface area contributed by atoms with Crippen LogP contribution in [0.25, 0.3) is 0 Å². The maximum absolute atomic E-state index is 12.6. The third-order valence-electron chi connectivity index (χ3n) is 4.37. The van der Waals surface area contributed by atoms with E-state index in [2.05, 4.69) is 38.1 Å². The molecule has 1 amide bonds. The molecule has 2 N–H and O–H groups in total. The number of likely N-dealkylation sites (tertiary alicyclic amines) is 1. The summed E-state index contributed by atoms with van der Waals surface area (Å²) < 4.78 is 5.60. The molecule has 0 spiro atoms. The smallest absolute Gasteiger partial charge is 0.410 e. The number of hydrogen-bond acceptors (Lipinski definition) is 3. The Hall–Kier alpha value is -1.55. The van der Waals surface area contributed by atoms with E-state index in [-0.39, 0.29) is 24.1 Å². The Balaban J connectivity index is 2.28. The molecule has 1 fully saturated rings. The zero-order valence-corrected chi connectivity index (χ0v) is 15.0. The molecule has 0 bridgehead atoms. The number of rotatable bonds is 2. The van der Waals surface area contributed by atoms with Crippen LogP contribution in [0.15, 0.2) is 24.3 Å². The maximum Gasteiger partial charge on any atom is 0.410 e. The lowest BCUT2D eigenvalue weighted by molar-refractivity contribution is 0.00339. The molecule has 1 aliphatic rings. The predicted octanol–water partition coefficient (Wildman–Crippen LogP) is 3.83. The lowest BCUT2D eigenvalue weighted by Gasteiger charge is -2.44. The number of hydrogen-bond donors (Lipinski definition) is 1. The molecule has 1 saturated heterocycles. The summed E-state index contributed by atoms with van der Waals surface area (Å²) in [4.78, 5) is 14.5. The molecule has 128 valence electrons. The molecule has 0 aliphatic carbocycles. The molecular weight excluding hydrogens is 288 g/mol. The fourth-order valence-electron chi connectivity index (χ4n) is 3.46. The Labute approximate surface area is 140 Å². The first-order valence-corrected chi connectivity index (χ1v) is 8.53. The molecular formula is C19H30N2O2. The standard InChI is InChI=1S/C19H30N2O2/c1-6-17-16(14-9-7-8-13(2)10-14)11-15(20)12-21(17)18(22)23-19(3,4)5/h7-10,15-17H,6,11-12,20H2,1-5H3. The first kappa shape index (κ1) is 17.8. The molecule has 1 aromatic rings. The average molecular weight is 318 g/mol. The molecule has 1 heterocycles. The van der Waals surface area contributed by atoms with Crippen LogP contribution in [-0.4, -0.2) is 35.2 Å². The van der Waals surface area contributed by atoms with Crippen molar-refractivity contribution in [1.82, 2.24) is 4.90 Å². The van der Waals surface area contributed by atoms with Gasteiger partial charge in [0.1, 0.15) is 5.60 Å².